The summed E-state index contributed by atoms with van der Waals surface area (Å²) in [5.41, 5.74) is 0.991. The summed E-state index contributed by atoms with van der Waals surface area (Å²) in [6.45, 7) is 2.04. The SMILES string of the molecule is COc1ccc(CC(=O)C(C)C2CC2)cc1OC. The van der Waals surface area contributed by atoms with E-state index < -0.39 is 0 Å². The predicted molar refractivity (Wildman–Crippen MR) is 70.1 cm³/mol. The highest BCUT2D eigenvalue weighted by molar-refractivity contribution is 5.83. The number of hydrogen-bond donors (Lipinski definition) is 0. The van der Waals surface area contributed by atoms with E-state index in [0.29, 0.717) is 29.6 Å². The van der Waals surface area contributed by atoms with Gasteiger partial charge in [-0.15, -0.1) is 0 Å². The van der Waals surface area contributed by atoms with Gasteiger partial charge in [0.05, 0.1) is 14.2 Å². The van der Waals surface area contributed by atoms with Crippen molar-refractivity contribution in [3.8, 4) is 11.5 Å². The quantitative estimate of drug-likeness (QED) is 0.776. The van der Waals surface area contributed by atoms with Crippen LogP contribution in [0.3, 0.4) is 0 Å². The summed E-state index contributed by atoms with van der Waals surface area (Å²) >= 11 is 0. The van der Waals surface area contributed by atoms with Crippen LogP contribution in [0, 0.1) is 11.8 Å². The van der Waals surface area contributed by atoms with Gasteiger partial charge in [-0.05, 0) is 36.5 Å². The molecule has 1 unspecified atom stereocenters. The van der Waals surface area contributed by atoms with Gasteiger partial charge in [0.1, 0.15) is 5.78 Å². The van der Waals surface area contributed by atoms with Crippen molar-refractivity contribution in [1.29, 1.82) is 0 Å². The standard InChI is InChI=1S/C15H20O3/c1-10(12-5-6-12)13(16)8-11-4-7-14(17-2)15(9-11)18-3/h4,7,9-10,12H,5-6,8H2,1-3H3. The molecule has 1 saturated carbocycles. The molecule has 0 aromatic heterocycles. The van der Waals surface area contributed by atoms with Crippen molar-refractivity contribution in [2.75, 3.05) is 14.2 Å². The zero-order valence-corrected chi connectivity index (χ0v) is 11.2. The van der Waals surface area contributed by atoms with E-state index in [1.807, 2.05) is 25.1 Å². The number of rotatable bonds is 6. The molecule has 1 aliphatic carbocycles. The fraction of sp³-hybridized carbons (Fsp3) is 0.533. The number of methoxy groups -OCH3 is 2. The molecule has 3 heteroatoms. The molecule has 98 valence electrons. The number of hydrogen-bond acceptors (Lipinski definition) is 3. The Balaban J connectivity index is 2.06. The molecule has 0 radical (unpaired) electrons. The van der Waals surface area contributed by atoms with Gasteiger partial charge in [-0.3, -0.25) is 4.79 Å². The van der Waals surface area contributed by atoms with Crippen LogP contribution < -0.4 is 9.47 Å². The van der Waals surface area contributed by atoms with Crippen molar-refractivity contribution in [2.45, 2.75) is 26.2 Å². The van der Waals surface area contributed by atoms with Crippen LogP contribution in [0.4, 0.5) is 0 Å². The lowest BCUT2D eigenvalue weighted by molar-refractivity contribution is -0.122. The molecule has 1 aromatic rings. The van der Waals surface area contributed by atoms with Crippen LogP contribution in [0.15, 0.2) is 18.2 Å². The number of ketones is 1. The number of ether oxygens (including phenoxy) is 2. The summed E-state index contributed by atoms with van der Waals surface area (Å²) < 4.78 is 10.4. The second-order valence-electron chi connectivity index (χ2n) is 4.96. The Hall–Kier alpha value is -1.51. The Morgan fingerprint density at radius 3 is 2.50 bits per heavy atom. The summed E-state index contributed by atoms with van der Waals surface area (Å²) in [6.07, 6.45) is 2.90. The summed E-state index contributed by atoms with van der Waals surface area (Å²) in [5, 5.41) is 0. The minimum Gasteiger partial charge on any atom is -0.493 e. The van der Waals surface area contributed by atoms with Crippen molar-refractivity contribution >= 4 is 5.78 Å². The largest absolute Gasteiger partial charge is 0.493 e. The molecule has 0 saturated heterocycles. The van der Waals surface area contributed by atoms with Crippen LogP contribution in [0.2, 0.25) is 0 Å². The van der Waals surface area contributed by atoms with E-state index in [1.54, 1.807) is 14.2 Å². The first-order valence-corrected chi connectivity index (χ1v) is 6.39. The smallest absolute Gasteiger partial charge is 0.161 e. The fourth-order valence-corrected chi connectivity index (χ4v) is 2.21. The minimum absolute atomic E-state index is 0.193. The van der Waals surface area contributed by atoms with Crippen LogP contribution in [0.1, 0.15) is 25.3 Å². The van der Waals surface area contributed by atoms with E-state index in [9.17, 15) is 4.79 Å². The second kappa shape index (κ2) is 5.42. The zero-order valence-electron chi connectivity index (χ0n) is 11.2. The average molecular weight is 248 g/mol. The Labute approximate surface area is 108 Å². The van der Waals surface area contributed by atoms with E-state index in [0.717, 1.165) is 5.56 Å². The molecule has 0 aliphatic heterocycles. The van der Waals surface area contributed by atoms with Gasteiger partial charge in [-0.1, -0.05) is 13.0 Å². The molecule has 1 atom stereocenters. The van der Waals surface area contributed by atoms with Crippen molar-refractivity contribution in [1.82, 2.24) is 0 Å². The van der Waals surface area contributed by atoms with Crippen LogP contribution in [-0.2, 0) is 11.2 Å². The first-order chi connectivity index (χ1) is 8.65. The lowest BCUT2D eigenvalue weighted by Gasteiger charge is -2.11. The van der Waals surface area contributed by atoms with Crippen molar-refractivity contribution in [3.63, 3.8) is 0 Å². The summed E-state index contributed by atoms with van der Waals surface area (Å²) in [5.74, 6) is 2.52. The van der Waals surface area contributed by atoms with Crippen molar-refractivity contribution in [2.24, 2.45) is 11.8 Å². The fourth-order valence-electron chi connectivity index (χ4n) is 2.21. The third-order valence-corrected chi connectivity index (χ3v) is 3.66. The van der Waals surface area contributed by atoms with Crippen molar-refractivity contribution < 1.29 is 14.3 Å². The lowest BCUT2D eigenvalue weighted by atomic mass is 9.95. The molecule has 1 aliphatic rings. The third-order valence-electron chi connectivity index (χ3n) is 3.66. The lowest BCUT2D eigenvalue weighted by Crippen LogP contribution is -2.15. The molecule has 18 heavy (non-hydrogen) atoms. The second-order valence-corrected chi connectivity index (χ2v) is 4.96. The van der Waals surface area contributed by atoms with Gasteiger partial charge in [0.25, 0.3) is 0 Å². The highest BCUT2D eigenvalue weighted by Crippen LogP contribution is 2.37. The van der Waals surface area contributed by atoms with Gasteiger partial charge in [0.15, 0.2) is 11.5 Å². The van der Waals surface area contributed by atoms with Gasteiger partial charge in [0, 0.05) is 12.3 Å². The highest BCUT2D eigenvalue weighted by atomic mass is 16.5. The van der Waals surface area contributed by atoms with Crippen LogP contribution in [0.25, 0.3) is 0 Å². The van der Waals surface area contributed by atoms with Crippen LogP contribution >= 0.6 is 0 Å². The highest BCUT2D eigenvalue weighted by Gasteiger charge is 2.32. The van der Waals surface area contributed by atoms with E-state index >= 15 is 0 Å². The maximum absolute atomic E-state index is 12.1. The summed E-state index contributed by atoms with van der Waals surface area (Å²) in [7, 11) is 3.22. The van der Waals surface area contributed by atoms with Gasteiger partial charge >= 0.3 is 0 Å². The molecule has 0 bridgehead atoms. The molecule has 1 aromatic carbocycles. The molecule has 0 heterocycles. The Morgan fingerprint density at radius 2 is 1.94 bits per heavy atom. The Kier molecular flexibility index (Phi) is 3.90. The van der Waals surface area contributed by atoms with Gasteiger partial charge < -0.3 is 9.47 Å². The first-order valence-electron chi connectivity index (χ1n) is 6.39. The molecule has 3 nitrogen and oxygen atoms in total. The average Bonchev–Trinajstić information content (AvgIpc) is 3.21. The number of Topliss-reactive ketones (excluding diaryl/α,β-unsaturated/α-hetero) is 1. The van der Waals surface area contributed by atoms with Gasteiger partial charge in [-0.2, -0.15) is 0 Å². The van der Waals surface area contributed by atoms with E-state index in [4.69, 9.17) is 9.47 Å². The maximum Gasteiger partial charge on any atom is 0.161 e. The topological polar surface area (TPSA) is 35.5 Å². The van der Waals surface area contributed by atoms with Crippen LogP contribution in [0.5, 0.6) is 11.5 Å². The molecule has 1 fully saturated rings. The first kappa shape index (κ1) is 12.9. The summed E-state index contributed by atoms with van der Waals surface area (Å²) in [6, 6.07) is 5.67. The Bertz CT molecular complexity index is 435. The number of benzene rings is 1. The normalized spacial score (nSPS) is 16.2. The van der Waals surface area contributed by atoms with E-state index in [2.05, 4.69) is 0 Å². The molecular weight excluding hydrogens is 228 g/mol. The van der Waals surface area contributed by atoms with Gasteiger partial charge in [0.2, 0.25) is 0 Å². The van der Waals surface area contributed by atoms with Crippen molar-refractivity contribution in [3.05, 3.63) is 23.8 Å². The molecule has 0 spiro atoms. The van der Waals surface area contributed by atoms with Gasteiger partial charge in [-0.25, -0.2) is 0 Å². The predicted octanol–water partition coefficient (Wildman–Crippen LogP) is 2.86. The molecule has 0 amide bonds. The Morgan fingerprint density at radius 1 is 1.28 bits per heavy atom. The molecule has 0 N–H and O–H groups in total. The maximum atomic E-state index is 12.1. The van der Waals surface area contributed by atoms with E-state index in [-0.39, 0.29) is 5.92 Å². The molecule has 2 rings (SSSR count). The number of carbonyl (C=O) groups excluding carboxylic acids is 1. The number of carbonyl (C=O) groups is 1. The third kappa shape index (κ3) is 2.84. The van der Waals surface area contributed by atoms with E-state index in [1.165, 1.54) is 12.8 Å². The van der Waals surface area contributed by atoms with Crippen LogP contribution in [-0.4, -0.2) is 20.0 Å². The summed E-state index contributed by atoms with van der Waals surface area (Å²) in [4.78, 5) is 12.1. The minimum atomic E-state index is 0.193. The monoisotopic (exact) mass is 248 g/mol. The molecular formula is C15H20O3. The zero-order chi connectivity index (χ0) is 13.1.